The zero-order valence-corrected chi connectivity index (χ0v) is 15.0. The summed E-state index contributed by atoms with van der Waals surface area (Å²) in [5.74, 6) is 0.129. The first-order valence-corrected chi connectivity index (χ1v) is 9.03. The van der Waals surface area contributed by atoms with Crippen LogP contribution in [0, 0.1) is 3.57 Å². The minimum absolute atomic E-state index is 0.129. The van der Waals surface area contributed by atoms with Crippen molar-refractivity contribution in [3.8, 4) is 0 Å². The van der Waals surface area contributed by atoms with Crippen molar-refractivity contribution >= 4 is 56.0 Å². The minimum atomic E-state index is 0.129. The molecule has 2 nitrogen and oxygen atoms in total. The quantitative estimate of drug-likeness (QED) is 0.474. The molecule has 1 saturated heterocycles. The third-order valence-corrected chi connectivity index (χ3v) is 5.20. The standard InChI is InChI=1S/C14H16BrClINO/c15-7-1-3-11-4-2-8-18(11)14(19)12-9-10(16)5-6-13(12)17/h5-6,9,11H,1-4,7-8H2. The van der Waals surface area contributed by atoms with Gasteiger partial charge in [-0.25, -0.2) is 0 Å². The molecule has 0 N–H and O–H groups in total. The second-order valence-corrected chi connectivity index (χ2v) is 7.14. The Balaban J connectivity index is 2.16. The van der Waals surface area contributed by atoms with Gasteiger partial charge in [0.05, 0.1) is 5.56 Å². The van der Waals surface area contributed by atoms with Gasteiger partial charge in [-0.2, -0.15) is 0 Å². The van der Waals surface area contributed by atoms with Gasteiger partial charge in [0.1, 0.15) is 0 Å². The van der Waals surface area contributed by atoms with E-state index >= 15 is 0 Å². The number of alkyl halides is 1. The molecule has 2 rings (SSSR count). The van der Waals surface area contributed by atoms with Crippen LogP contribution >= 0.6 is 50.1 Å². The van der Waals surface area contributed by atoms with Crippen LogP contribution in [0.1, 0.15) is 36.0 Å². The number of rotatable bonds is 4. The van der Waals surface area contributed by atoms with Gasteiger partial charge in [-0.05, 0) is 66.5 Å². The molecule has 19 heavy (non-hydrogen) atoms. The van der Waals surface area contributed by atoms with E-state index in [2.05, 4.69) is 38.5 Å². The summed E-state index contributed by atoms with van der Waals surface area (Å²) in [6.07, 6.45) is 4.42. The fourth-order valence-corrected chi connectivity index (χ4v) is 3.59. The molecule has 0 spiro atoms. The van der Waals surface area contributed by atoms with Gasteiger partial charge in [0.25, 0.3) is 5.91 Å². The van der Waals surface area contributed by atoms with Crippen LogP contribution in [0.2, 0.25) is 5.02 Å². The maximum Gasteiger partial charge on any atom is 0.255 e. The molecule has 1 aromatic carbocycles. The molecule has 1 amide bonds. The molecule has 5 heteroatoms. The molecule has 1 fully saturated rings. The molecule has 0 aliphatic carbocycles. The number of benzene rings is 1. The maximum absolute atomic E-state index is 12.6. The molecule has 1 unspecified atom stereocenters. The van der Waals surface area contributed by atoms with Crippen molar-refractivity contribution in [1.82, 2.24) is 4.90 Å². The number of hydrogen-bond donors (Lipinski definition) is 0. The largest absolute Gasteiger partial charge is 0.336 e. The Morgan fingerprint density at radius 3 is 3.05 bits per heavy atom. The van der Waals surface area contributed by atoms with Gasteiger partial charge in [-0.1, -0.05) is 27.5 Å². The van der Waals surface area contributed by atoms with Crippen molar-refractivity contribution in [2.24, 2.45) is 0 Å². The van der Waals surface area contributed by atoms with Gasteiger partial charge in [0.15, 0.2) is 0 Å². The number of carbonyl (C=O) groups is 1. The number of hydrogen-bond acceptors (Lipinski definition) is 1. The van der Waals surface area contributed by atoms with E-state index in [1.165, 1.54) is 0 Å². The number of carbonyl (C=O) groups excluding carboxylic acids is 1. The molecule has 1 aliphatic rings. The van der Waals surface area contributed by atoms with Gasteiger partial charge < -0.3 is 4.90 Å². The third-order valence-electron chi connectivity index (χ3n) is 3.47. The van der Waals surface area contributed by atoms with E-state index in [4.69, 9.17) is 11.6 Å². The van der Waals surface area contributed by atoms with Crippen LogP contribution < -0.4 is 0 Å². The molecule has 0 radical (unpaired) electrons. The monoisotopic (exact) mass is 455 g/mol. The number of likely N-dealkylation sites (tertiary alicyclic amines) is 1. The highest BCUT2D eigenvalue weighted by Gasteiger charge is 2.29. The second kappa shape index (κ2) is 7.27. The first kappa shape index (κ1) is 15.6. The van der Waals surface area contributed by atoms with Crippen molar-refractivity contribution in [2.45, 2.75) is 31.7 Å². The van der Waals surface area contributed by atoms with Crippen LogP contribution in [0.5, 0.6) is 0 Å². The summed E-state index contributed by atoms with van der Waals surface area (Å²) in [4.78, 5) is 14.7. The third kappa shape index (κ3) is 3.85. The molecule has 1 aliphatic heterocycles. The Bertz CT molecular complexity index is 469. The molecule has 1 heterocycles. The SMILES string of the molecule is O=C(c1cc(Cl)ccc1I)N1CCCC1CCCBr. The Hall–Kier alpha value is 0.190. The molecule has 0 aromatic heterocycles. The highest BCUT2D eigenvalue weighted by Crippen LogP contribution is 2.26. The van der Waals surface area contributed by atoms with Gasteiger partial charge >= 0.3 is 0 Å². The van der Waals surface area contributed by atoms with Crippen LogP contribution in [-0.4, -0.2) is 28.7 Å². The van der Waals surface area contributed by atoms with Gasteiger partial charge in [0.2, 0.25) is 0 Å². The average molecular weight is 457 g/mol. The average Bonchev–Trinajstić information content (AvgIpc) is 2.86. The predicted molar refractivity (Wildman–Crippen MR) is 91.3 cm³/mol. The van der Waals surface area contributed by atoms with Crippen LogP contribution in [-0.2, 0) is 0 Å². The number of nitrogens with zero attached hydrogens (tertiary/aromatic N) is 1. The lowest BCUT2D eigenvalue weighted by Gasteiger charge is -2.25. The van der Waals surface area contributed by atoms with Crippen LogP contribution in [0.15, 0.2) is 18.2 Å². The van der Waals surface area contributed by atoms with E-state index in [1.807, 2.05) is 17.0 Å². The predicted octanol–water partition coefficient (Wildman–Crippen LogP) is 4.72. The Morgan fingerprint density at radius 2 is 2.32 bits per heavy atom. The van der Waals surface area contributed by atoms with Crippen molar-refractivity contribution < 1.29 is 4.79 Å². The molecule has 0 bridgehead atoms. The Kier molecular flexibility index (Phi) is 5.96. The van der Waals surface area contributed by atoms with Crippen molar-refractivity contribution in [3.05, 3.63) is 32.4 Å². The topological polar surface area (TPSA) is 20.3 Å². The highest BCUT2D eigenvalue weighted by atomic mass is 127. The van der Waals surface area contributed by atoms with Crippen LogP contribution in [0.25, 0.3) is 0 Å². The minimum Gasteiger partial charge on any atom is -0.336 e. The van der Waals surface area contributed by atoms with Crippen LogP contribution in [0.4, 0.5) is 0 Å². The highest BCUT2D eigenvalue weighted by molar-refractivity contribution is 14.1. The molecular weight excluding hydrogens is 440 g/mol. The lowest BCUT2D eigenvalue weighted by molar-refractivity contribution is 0.0729. The number of halogens is 3. The summed E-state index contributed by atoms with van der Waals surface area (Å²) in [7, 11) is 0. The summed E-state index contributed by atoms with van der Waals surface area (Å²) < 4.78 is 0.971. The molecule has 104 valence electrons. The molecular formula is C14H16BrClINO. The maximum atomic E-state index is 12.6. The van der Waals surface area contributed by atoms with Crippen molar-refractivity contribution in [1.29, 1.82) is 0 Å². The van der Waals surface area contributed by atoms with Crippen molar-refractivity contribution in [3.63, 3.8) is 0 Å². The summed E-state index contributed by atoms with van der Waals surface area (Å²) >= 11 is 11.7. The van der Waals surface area contributed by atoms with E-state index in [1.54, 1.807) is 6.07 Å². The zero-order valence-electron chi connectivity index (χ0n) is 10.5. The molecule has 1 atom stereocenters. The van der Waals surface area contributed by atoms with E-state index in [0.29, 0.717) is 11.1 Å². The van der Waals surface area contributed by atoms with Crippen molar-refractivity contribution in [2.75, 3.05) is 11.9 Å². The van der Waals surface area contributed by atoms with Gasteiger partial charge in [-0.15, -0.1) is 0 Å². The number of amides is 1. The Labute approximate surface area is 141 Å². The van der Waals surface area contributed by atoms with E-state index in [9.17, 15) is 4.79 Å². The fourth-order valence-electron chi connectivity index (χ4n) is 2.53. The van der Waals surface area contributed by atoms with E-state index < -0.39 is 0 Å². The molecule has 1 aromatic rings. The van der Waals surface area contributed by atoms with Crippen LogP contribution in [0.3, 0.4) is 0 Å². The summed E-state index contributed by atoms with van der Waals surface area (Å²) in [5.41, 5.74) is 0.735. The second-order valence-electron chi connectivity index (χ2n) is 4.75. The summed E-state index contributed by atoms with van der Waals surface area (Å²) in [6.45, 7) is 0.869. The van der Waals surface area contributed by atoms with E-state index in [0.717, 1.165) is 46.7 Å². The van der Waals surface area contributed by atoms with Gasteiger partial charge in [0, 0.05) is 26.5 Å². The van der Waals surface area contributed by atoms with E-state index in [-0.39, 0.29) is 5.91 Å². The first-order chi connectivity index (χ1) is 9.13. The van der Waals surface area contributed by atoms with Gasteiger partial charge in [-0.3, -0.25) is 4.79 Å². The summed E-state index contributed by atoms with van der Waals surface area (Å²) in [6, 6.07) is 5.90. The smallest absolute Gasteiger partial charge is 0.255 e. The lowest BCUT2D eigenvalue weighted by Crippen LogP contribution is -2.36. The summed E-state index contributed by atoms with van der Waals surface area (Å²) in [5, 5.41) is 1.63. The normalized spacial score (nSPS) is 18.9. The first-order valence-electron chi connectivity index (χ1n) is 6.45. The fraction of sp³-hybridized carbons (Fsp3) is 0.500. The molecule has 0 saturated carbocycles. The Morgan fingerprint density at radius 1 is 1.53 bits per heavy atom. The zero-order chi connectivity index (χ0) is 13.8. The lowest BCUT2D eigenvalue weighted by atomic mass is 10.1.